The predicted molar refractivity (Wildman–Crippen MR) is 147 cm³/mol. The molecule has 3 aliphatic carbocycles. The first kappa shape index (κ1) is 22.4. The average Bonchev–Trinajstić information content (AvgIpc) is 2.95. The van der Waals surface area contributed by atoms with Crippen molar-refractivity contribution in [3.8, 4) is 0 Å². The summed E-state index contributed by atoms with van der Waals surface area (Å²) in [6, 6.07) is 25.9. The highest BCUT2D eigenvalue weighted by atomic mass is 16.1. The molecule has 0 amide bonds. The third-order valence-corrected chi connectivity index (χ3v) is 7.68. The van der Waals surface area contributed by atoms with Crippen LogP contribution in [0.5, 0.6) is 0 Å². The molecule has 0 saturated carbocycles. The summed E-state index contributed by atoms with van der Waals surface area (Å²) in [6.45, 7) is 2.03. The molecule has 0 heterocycles. The Morgan fingerprint density at radius 2 is 1.36 bits per heavy atom. The summed E-state index contributed by atoms with van der Waals surface area (Å²) >= 11 is 0. The summed E-state index contributed by atoms with van der Waals surface area (Å²) in [5, 5.41) is 2.82. The summed E-state index contributed by atoms with van der Waals surface area (Å²) in [7, 11) is 0. The number of fused-ring (bicyclic) bond motifs is 6. The molecule has 7 rings (SSSR count). The Morgan fingerprint density at radius 3 is 2.17 bits per heavy atom. The van der Waals surface area contributed by atoms with E-state index in [0.717, 1.165) is 12.0 Å². The van der Waals surface area contributed by atoms with Gasteiger partial charge >= 0.3 is 0 Å². The number of hydrogen-bond acceptors (Lipinski definition) is 2. The van der Waals surface area contributed by atoms with Crippen LogP contribution in [0.3, 0.4) is 0 Å². The predicted octanol–water partition coefficient (Wildman–Crippen LogP) is 7.91. The molecule has 0 radical (unpaired) electrons. The van der Waals surface area contributed by atoms with E-state index in [9.17, 15) is 9.59 Å². The van der Waals surface area contributed by atoms with Gasteiger partial charge in [0.25, 0.3) is 0 Å². The van der Waals surface area contributed by atoms with Crippen LogP contribution in [0.1, 0.15) is 74.7 Å². The van der Waals surface area contributed by atoms with Crippen molar-refractivity contribution in [1.82, 2.24) is 0 Å². The second-order valence-electron chi connectivity index (χ2n) is 9.71. The van der Waals surface area contributed by atoms with Crippen molar-refractivity contribution in [3.63, 3.8) is 0 Å². The Hall–Kier alpha value is -4.04. The molecule has 3 aliphatic rings. The second-order valence-corrected chi connectivity index (χ2v) is 9.71. The molecule has 2 nitrogen and oxygen atoms in total. The van der Waals surface area contributed by atoms with E-state index in [-0.39, 0.29) is 11.6 Å². The van der Waals surface area contributed by atoms with Crippen LogP contribution in [0.25, 0.3) is 16.3 Å². The molecule has 0 saturated heterocycles. The van der Waals surface area contributed by atoms with Crippen LogP contribution in [0.4, 0.5) is 0 Å². The summed E-state index contributed by atoms with van der Waals surface area (Å²) in [6.07, 6.45) is 10.5. The van der Waals surface area contributed by atoms with Gasteiger partial charge in [0, 0.05) is 22.3 Å². The lowest BCUT2D eigenvalue weighted by atomic mass is 9.80. The molecule has 2 heteroatoms. The number of ketones is 2. The Morgan fingerprint density at radius 1 is 0.667 bits per heavy atom. The van der Waals surface area contributed by atoms with Gasteiger partial charge in [-0.25, -0.2) is 0 Å². The van der Waals surface area contributed by atoms with Gasteiger partial charge in [0.15, 0.2) is 11.6 Å². The van der Waals surface area contributed by atoms with E-state index in [1.807, 2.05) is 19.1 Å². The number of carbonyl (C=O) groups excluding carboxylic acids is 2. The minimum absolute atomic E-state index is 0.0458. The van der Waals surface area contributed by atoms with Gasteiger partial charge < -0.3 is 0 Å². The molecule has 0 unspecified atom stereocenters. The first-order valence-corrected chi connectivity index (χ1v) is 12.9. The number of rotatable bonds is 1. The molecule has 36 heavy (non-hydrogen) atoms. The highest BCUT2D eigenvalue weighted by Crippen LogP contribution is 2.39. The molecule has 0 atom stereocenters. The third-order valence-electron chi connectivity index (χ3n) is 7.68. The zero-order chi connectivity index (χ0) is 24.6. The van der Waals surface area contributed by atoms with Crippen molar-refractivity contribution in [2.24, 2.45) is 0 Å². The van der Waals surface area contributed by atoms with Crippen LogP contribution in [0.15, 0.2) is 96.6 Å². The maximum Gasteiger partial charge on any atom is 0.194 e. The minimum Gasteiger partial charge on any atom is -0.289 e. The lowest BCUT2D eigenvalue weighted by Crippen LogP contribution is -2.20. The van der Waals surface area contributed by atoms with Crippen LogP contribution in [-0.2, 0) is 12.8 Å². The van der Waals surface area contributed by atoms with E-state index in [2.05, 4.69) is 48.6 Å². The van der Waals surface area contributed by atoms with Gasteiger partial charge in [-0.2, -0.15) is 0 Å². The number of benzene rings is 4. The first-order valence-electron chi connectivity index (χ1n) is 12.9. The topological polar surface area (TPSA) is 34.1 Å². The van der Waals surface area contributed by atoms with Gasteiger partial charge in [-0.15, -0.1) is 0 Å². The quantitative estimate of drug-likeness (QED) is 0.250. The molecule has 0 aromatic heterocycles. The fourth-order valence-electron chi connectivity index (χ4n) is 5.75. The summed E-state index contributed by atoms with van der Waals surface area (Å²) in [5.74, 6) is -0.0987. The standard InChI is InChI=1S/C18H16.C16H12O2/c1-3-7-15-13(5-1)9-11-18-16-8-4-2-6-14(16)10-12-17(15)18;1-2-10-7-8-13-14(9-10)16(18)12-6-4-3-5-11(12)15(13)17/h1,3-5,7-9,11H,2,6,10,12H2;3-9H,2H2,1H3. The lowest BCUT2D eigenvalue weighted by Gasteiger charge is -2.25. The molecule has 0 N–H and O–H groups in total. The van der Waals surface area contributed by atoms with Gasteiger partial charge in [0.1, 0.15) is 0 Å². The van der Waals surface area contributed by atoms with Crippen molar-refractivity contribution in [1.29, 1.82) is 0 Å². The molecule has 0 aliphatic heterocycles. The normalized spacial score (nSPS) is 15.5. The lowest BCUT2D eigenvalue weighted by molar-refractivity contribution is 0.0979. The zero-order valence-corrected chi connectivity index (χ0v) is 20.5. The number of aryl methyl sites for hydroxylation is 2. The Kier molecular flexibility index (Phi) is 5.73. The Bertz CT molecular complexity index is 1600. The smallest absolute Gasteiger partial charge is 0.194 e. The molecule has 0 spiro atoms. The number of allylic oxidation sites excluding steroid dienone is 4. The van der Waals surface area contributed by atoms with Crippen LogP contribution < -0.4 is 0 Å². The van der Waals surface area contributed by atoms with E-state index in [0.29, 0.717) is 22.3 Å². The Labute approximate surface area is 212 Å². The fourth-order valence-corrected chi connectivity index (χ4v) is 5.75. The highest BCUT2D eigenvalue weighted by Gasteiger charge is 2.29. The van der Waals surface area contributed by atoms with E-state index < -0.39 is 0 Å². The van der Waals surface area contributed by atoms with Gasteiger partial charge in [0.05, 0.1) is 0 Å². The van der Waals surface area contributed by atoms with Gasteiger partial charge in [-0.1, -0.05) is 97.4 Å². The van der Waals surface area contributed by atoms with Crippen LogP contribution >= 0.6 is 0 Å². The van der Waals surface area contributed by atoms with E-state index in [1.165, 1.54) is 47.6 Å². The largest absolute Gasteiger partial charge is 0.289 e. The van der Waals surface area contributed by atoms with Crippen molar-refractivity contribution in [2.45, 2.75) is 39.0 Å². The molecule has 4 aromatic carbocycles. The molecule has 4 aromatic rings. The van der Waals surface area contributed by atoms with Crippen molar-refractivity contribution >= 4 is 27.9 Å². The maximum absolute atomic E-state index is 12.4. The monoisotopic (exact) mass is 468 g/mol. The molecular weight excluding hydrogens is 440 g/mol. The highest BCUT2D eigenvalue weighted by molar-refractivity contribution is 6.28. The summed E-state index contributed by atoms with van der Waals surface area (Å²) in [5.41, 5.74) is 9.38. The Balaban J connectivity index is 0.000000133. The minimum atomic E-state index is -0.0529. The van der Waals surface area contributed by atoms with Crippen molar-refractivity contribution in [2.75, 3.05) is 0 Å². The average molecular weight is 469 g/mol. The van der Waals surface area contributed by atoms with E-state index >= 15 is 0 Å². The first-order chi connectivity index (χ1) is 17.7. The fraction of sp³-hybridized carbons (Fsp3) is 0.176. The summed E-state index contributed by atoms with van der Waals surface area (Å²) in [4.78, 5) is 24.7. The van der Waals surface area contributed by atoms with Crippen LogP contribution in [0.2, 0.25) is 0 Å². The van der Waals surface area contributed by atoms with Gasteiger partial charge in [0.2, 0.25) is 0 Å². The van der Waals surface area contributed by atoms with Crippen molar-refractivity contribution < 1.29 is 9.59 Å². The molecule has 0 bridgehead atoms. The number of carbonyl (C=O) groups is 2. The molecule has 0 fully saturated rings. The molecule has 176 valence electrons. The van der Waals surface area contributed by atoms with Crippen molar-refractivity contribution in [3.05, 3.63) is 136 Å². The number of hydrogen-bond donors (Lipinski definition) is 0. The van der Waals surface area contributed by atoms with E-state index in [4.69, 9.17) is 0 Å². The second kappa shape index (κ2) is 9.20. The molecular formula is C34H28O2. The zero-order valence-electron chi connectivity index (χ0n) is 20.5. The van der Waals surface area contributed by atoms with Crippen LogP contribution in [-0.4, -0.2) is 11.6 Å². The third kappa shape index (κ3) is 3.74. The maximum atomic E-state index is 12.4. The van der Waals surface area contributed by atoms with E-state index in [1.54, 1.807) is 41.5 Å². The summed E-state index contributed by atoms with van der Waals surface area (Å²) < 4.78 is 0. The van der Waals surface area contributed by atoms with Gasteiger partial charge in [-0.3, -0.25) is 9.59 Å². The van der Waals surface area contributed by atoms with Crippen LogP contribution in [0, 0.1) is 0 Å². The van der Waals surface area contributed by atoms with Gasteiger partial charge in [-0.05, 0) is 71.2 Å². The SMILES string of the molecule is C1=CC2=C(CC1)CCc1c2ccc2ccccc12.CCc1ccc2c(c1)C(=O)c1ccccc1C2=O.